The smallest absolute Gasteiger partial charge is 0.137 e. The van der Waals surface area contributed by atoms with Gasteiger partial charge in [0.25, 0.3) is 0 Å². The Morgan fingerprint density at radius 1 is 1.57 bits per heavy atom. The first-order valence-corrected chi connectivity index (χ1v) is 5.19. The van der Waals surface area contributed by atoms with Crippen molar-refractivity contribution in [1.82, 2.24) is 0 Å². The number of hydrogen-bond donors (Lipinski definition) is 1. The number of rotatable bonds is 3. The van der Waals surface area contributed by atoms with Crippen molar-refractivity contribution in [3.63, 3.8) is 0 Å². The summed E-state index contributed by atoms with van der Waals surface area (Å²) < 4.78 is 13.3. The summed E-state index contributed by atoms with van der Waals surface area (Å²) in [5.74, 6) is 0.157. The van der Waals surface area contributed by atoms with Gasteiger partial charge in [0.2, 0.25) is 0 Å². The maximum atomic E-state index is 12.9. The fraction of sp³-hybridized carbons (Fsp3) is 0.300. The van der Waals surface area contributed by atoms with Crippen molar-refractivity contribution in [3.8, 4) is 0 Å². The molecule has 0 spiro atoms. The molecule has 0 aliphatic heterocycles. The third-order valence-corrected chi connectivity index (χ3v) is 2.33. The summed E-state index contributed by atoms with van der Waals surface area (Å²) >= 11 is 3.10. The number of amidine groups is 1. The highest BCUT2D eigenvalue weighted by molar-refractivity contribution is 9.10. The molecule has 0 heterocycles. The van der Waals surface area contributed by atoms with Gasteiger partial charge in [0.05, 0.1) is 4.47 Å². The molecule has 2 nitrogen and oxygen atoms in total. The number of aliphatic imine (C=N–C) groups is 1. The van der Waals surface area contributed by atoms with Gasteiger partial charge in [-0.15, -0.1) is 0 Å². The van der Waals surface area contributed by atoms with Crippen LogP contribution in [-0.4, -0.2) is 12.4 Å². The molecule has 1 rings (SSSR count). The molecule has 1 aromatic rings. The van der Waals surface area contributed by atoms with Gasteiger partial charge in [-0.3, -0.25) is 4.99 Å². The van der Waals surface area contributed by atoms with E-state index in [1.807, 2.05) is 6.92 Å². The summed E-state index contributed by atoms with van der Waals surface area (Å²) in [7, 11) is 0. The van der Waals surface area contributed by atoms with Crippen molar-refractivity contribution < 1.29 is 4.39 Å². The van der Waals surface area contributed by atoms with Crippen LogP contribution in [0.25, 0.3) is 0 Å². The van der Waals surface area contributed by atoms with Gasteiger partial charge in [0.1, 0.15) is 11.7 Å². The molecule has 76 valence electrons. The Kier molecular flexibility index (Phi) is 4.07. The highest BCUT2D eigenvalue weighted by Gasteiger charge is 2.02. The minimum Gasteiger partial charge on any atom is -0.384 e. The van der Waals surface area contributed by atoms with Crippen LogP contribution in [0.4, 0.5) is 4.39 Å². The molecular formula is C10H12BrFN2. The van der Waals surface area contributed by atoms with E-state index in [4.69, 9.17) is 5.73 Å². The van der Waals surface area contributed by atoms with E-state index in [2.05, 4.69) is 20.9 Å². The maximum Gasteiger partial charge on any atom is 0.137 e. The van der Waals surface area contributed by atoms with Crippen LogP contribution in [0.5, 0.6) is 0 Å². The molecule has 0 saturated heterocycles. The minimum atomic E-state index is -0.294. The third kappa shape index (κ3) is 2.80. The van der Waals surface area contributed by atoms with Gasteiger partial charge >= 0.3 is 0 Å². The van der Waals surface area contributed by atoms with Gasteiger partial charge in [-0.05, 0) is 40.5 Å². The van der Waals surface area contributed by atoms with Gasteiger partial charge in [-0.2, -0.15) is 0 Å². The van der Waals surface area contributed by atoms with Gasteiger partial charge in [0, 0.05) is 12.1 Å². The molecule has 0 atom stereocenters. The fourth-order valence-corrected chi connectivity index (χ4v) is 1.36. The van der Waals surface area contributed by atoms with E-state index in [0.29, 0.717) is 16.9 Å². The summed E-state index contributed by atoms with van der Waals surface area (Å²) in [6.07, 6.45) is 0.947. The number of nitrogens with zero attached hydrogens (tertiary/aromatic N) is 1. The summed E-state index contributed by atoms with van der Waals surface area (Å²) in [5, 5.41) is 0. The van der Waals surface area contributed by atoms with Crippen molar-refractivity contribution in [3.05, 3.63) is 34.1 Å². The lowest BCUT2D eigenvalue weighted by atomic mass is 10.2. The molecule has 0 unspecified atom stereocenters. The van der Waals surface area contributed by atoms with Crippen LogP contribution in [-0.2, 0) is 0 Å². The summed E-state index contributed by atoms with van der Waals surface area (Å²) in [5.41, 5.74) is 6.45. The van der Waals surface area contributed by atoms with Crippen molar-refractivity contribution in [2.24, 2.45) is 10.7 Å². The van der Waals surface area contributed by atoms with E-state index in [0.717, 1.165) is 12.0 Å². The average molecular weight is 259 g/mol. The first kappa shape index (κ1) is 11.2. The van der Waals surface area contributed by atoms with Gasteiger partial charge in [-0.25, -0.2) is 4.39 Å². The Hall–Kier alpha value is -0.900. The van der Waals surface area contributed by atoms with Crippen LogP contribution in [0.2, 0.25) is 0 Å². The maximum absolute atomic E-state index is 12.9. The van der Waals surface area contributed by atoms with Crippen LogP contribution >= 0.6 is 15.9 Å². The molecule has 0 fully saturated rings. The summed E-state index contributed by atoms with van der Waals surface area (Å²) in [4.78, 5) is 4.13. The lowest BCUT2D eigenvalue weighted by Crippen LogP contribution is -2.14. The molecule has 1 aromatic carbocycles. The number of halogens is 2. The second kappa shape index (κ2) is 5.10. The number of hydrogen-bond acceptors (Lipinski definition) is 1. The largest absolute Gasteiger partial charge is 0.384 e. The zero-order valence-electron chi connectivity index (χ0n) is 7.93. The van der Waals surface area contributed by atoms with E-state index >= 15 is 0 Å². The van der Waals surface area contributed by atoms with Crippen molar-refractivity contribution in [2.45, 2.75) is 13.3 Å². The molecule has 0 aliphatic rings. The monoisotopic (exact) mass is 258 g/mol. The summed E-state index contributed by atoms with van der Waals surface area (Å²) in [6, 6.07) is 4.62. The van der Waals surface area contributed by atoms with Gasteiger partial charge < -0.3 is 5.73 Å². The molecular weight excluding hydrogens is 247 g/mol. The Labute approximate surface area is 91.2 Å². The van der Waals surface area contributed by atoms with E-state index < -0.39 is 0 Å². The average Bonchev–Trinajstić information content (AvgIpc) is 2.18. The molecule has 14 heavy (non-hydrogen) atoms. The minimum absolute atomic E-state index is 0.294. The highest BCUT2D eigenvalue weighted by atomic mass is 79.9. The highest BCUT2D eigenvalue weighted by Crippen LogP contribution is 2.16. The fourth-order valence-electron chi connectivity index (χ4n) is 0.979. The van der Waals surface area contributed by atoms with E-state index in [9.17, 15) is 4.39 Å². The molecule has 0 bridgehead atoms. The zero-order chi connectivity index (χ0) is 10.6. The van der Waals surface area contributed by atoms with E-state index in [1.54, 1.807) is 12.1 Å². The standard InChI is InChI=1S/C10H12BrFN2/c1-2-5-14-10(13)7-3-4-9(12)8(11)6-7/h3-4,6H,2,5H2,1H3,(H2,13,14). The molecule has 0 aliphatic carbocycles. The van der Waals surface area contributed by atoms with Crippen molar-refractivity contribution in [2.75, 3.05) is 6.54 Å². The first-order valence-electron chi connectivity index (χ1n) is 4.40. The van der Waals surface area contributed by atoms with Gasteiger partial charge in [-0.1, -0.05) is 6.92 Å². The molecule has 0 radical (unpaired) electrons. The second-order valence-electron chi connectivity index (χ2n) is 2.90. The van der Waals surface area contributed by atoms with Crippen LogP contribution in [0.15, 0.2) is 27.7 Å². The Morgan fingerprint density at radius 2 is 2.29 bits per heavy atom. The molecule has 2 N–H and O–H groups in total. The quantitative estimate of drug-likeness (QED) is 0.657. The lowest BCUT2D eigenvalue weighted by molar-refractivity contribution is 0.621. The number of benzene rings is 1. The second-order valence-corrected chi connectivity index (χ2v) is 3.75. The first-order chi connectivity index (χ1) is 6.65. The predicted octanol–water partition coefficient (Wildman–Crippen LogP) is 2.70. The van der Waals surface area contributed by atoms with Crippen LogP contribution in [0.1, 0.15) is 18.9 Å². The molecule has 0 amide bonds. The van der Waals surface area contributed by atoms with Crippen molar-refractivity contribution >= 4 is 21.8 Å². The lowest BCUT2D eigenvalue weighted by Gasteiger charge is -2.01. The van der Waals surface area contributed by atoms with E-state index in [1.165, 1.54) is 6.07 Å². The molecule has 0 aromatic heterocycles. The Balaban J connectivity index is 2.91. The van der Waals surface area contributed by atoms with Gasteiger partial charge in [0.15, 0.2) is 0 Å². The molecule has 0 saturated carbocycles. The number of nitrogens with two attached hydrogens (primary N) is 1. The predicted molar refractivity (Wildman–Crippen MR) is 60.0 cm³/mol. The van der Waals surface area contributed by atoms with Crippen molar-refractivity contribution in [1.29, 1.82) is 0 Å². The third-order valence-electron chi connectivity index (χ3n) is 1.72. The Morgan fingerprint density at radius 3 is 2.86 bits per heavy atom. The van der Waals surface area contributed by atoms with E-state index in [-0.39, 0.29) is 5.82 Å². The van der Waals surface area contributed by atoms with Crippen LogP contribution in [0, 0.1) is 5.82 Å². The SMILES string of the molecule is CCCN=C(N)c1ccc(F)c(Br)c1. The summed E-state index contributed by atoms with van der Waals surface area (Å²) in [6.45, 7) is 2.72. The van der Waals surface area contributed by atoms with Crippen LogP contribution < -0.4 is 5.73 Å². The normalized spacial score (nSPS) is 11.8. The zero-order valence-corrected chi connectivity index (χ0v) is 9.51. The molecule has 4 heteroatoms. The topological polar surface area (TPSA) is 38.4 Å². The Bertz CT molecular complexity index is 350. The van der Waals surface area contributed by atoms with Crippen LogP contribution in [0.3, 0.4) is 0 Å².